The van der Waals surface area contributed by atoms with Crippen LogP contribution in [0, 0.1) is 0 Å². The van der Waals surface area contributed by atoms with E-state index < -0.39 is 0 Å². The van der Waals surface area contributed by atoms with Crippen molar-refractivity contribution in [3.05, 3.63) is 0 Å². The van der Waals surface area contributed by atoms with Gasteiger partial charge in [-0.15, -0.1) is 0 Å². The van der Waals surface area contributed by atoms with Gasteiger partial charge < -0.3 is 9.47 Å². The zero-order valence-electron chi connectivity index (χ0n) is 40.0. The van der Waals surface area contributed by atoms with Crippen LogP contribution in [0.15, 0.2) is 0 Å². The summed E-state index contributed by atoms with van der Waals surface area (Å²) in [5, 5.41) is 0. The molecule has 0 bridgehead atoms. The second-order valence-corrected chi connectivity index (χ2v) is 18.5. The van der Waals surface area contributed by atoms with Gasteiger partial charge in [0.2, 0.25) is 0 Å². The van der Waals surface area contributed by atoms with E-state index in [1.165, 1.54) is 244 Å². The third-order valence-corrected chi connectivity index (χ3v) is 12.5. The SMILES string of the molecule is CCCCCCCCCCCCCCCCCCCCCCOC(=O)CCCCCCCCC(=O)OCCCCCCCCCCCCCCCCCCCCCC. The van der Waals surface area contributed by atoms with E-state index in [0.717, 1.165) is 51.4 Å². The van der Waals surface area contributed by atoms with Crippen molar-refractivity contribution in [1.82, 2.24) is 0 Å². The maximum absolute atomic E-state index is 12.1. The van der Waals surface area contributed by atoms with Gasteiger partial charge in [-0.2, -0.15) is 0 Å². The topological polar surface area (TPSA) is 52.6 Å². The lowest BCUT2D eigenvalue weighted by atomic mass is 10.0. The first-order valence-electron chi connectivity index (χ1n) is 27.0. The fourth-order valence-corrected chi connectivity index (χ4v) is 8.48. The molecule has 346 valence electrons. The van der Waals surface area contributed by atoms with Gasteiger partial charge in [0.25, 0.3) is 0 Å². The van der Waals surface area contributed by atoms with Gasteiger partial charge in [0.15, 0.2) is 0 Å². The summed E-state index contributed by atoms with van der Waals surface area (Å²) in [5.74, 6) is -0.0541. The Balaban J connectivity index is 3.22. The Hall–Kier alpha value is -1.06. The molecule has 0 aliphatic rings. The first-order valence-corrected chi connectivity index (χ1v) is 27.0. The Bertz CT molecular complexity index is 717. The molecule has 0 aliphatic carbocycles. The minimum Gasteiger partial charge on any atom is -0.466 e. The molecular formula is C54H106O4. The molecular weight excluding hydrogens is 713 g/mol. The number of rotatable bonds is 51. The second kappa shape index (κ2) is 52.1. The van der Waals surface area contributed by atoms with Crippen LogP contribution in [-0.2, 0) is 19.1 Å². The molecule has 0 rings (SSSR count). The average molecular weight is 819 g/mol. The smallest absolute Gasteiger partial charge is 0.305 e. The predicted octanol–water partition coefficient (Wildman–Crippen LogP) is 18.8. The van der Waals surface area contributed by atoms with Crippen LogP contribution in [0.1, 0.15) is 322 Å². The standard InChI is InChI=1S/C54H106O4/c1-3-5-7-9-11-13-15-17-19-21-23-25-27-29-31-33-35-39-43-47-51-57-53(55)49-45-41-37-38-42-46-50-54(56)58-52-48-44-40-36-34-32-30-28-26-24-22-20-18-16-14-12-10-8-6-4-2/h3-52H2,1-2H3. The highest BCUT2D eigenvalue weighted by atomic mass is 16.5. The van der Waals surface area contributed by atoms with Crippen LogP contribution in [0.25, 0.3) is 0 Å². The lowest BCUT2D eigenvalue weighted by molar-refractivity contribution is -0.144. The first kappa shape index (κ1) is 56.9. The number of carbonyl (C=O) groups is 2. The van der Waals surface area contributed by atoms with E-state index in [0.29, 0.717) is 26.1 Å². The Morgan fingerprint density at radius 1 is 0.224 bits per heavy atom. The maximum Gasteiger partial charge on any atom is 0.305 e. The molecule has 58 heavy (non-hydrogen) atoms. The fraction of sp³-hybridized carbons (Fsp3) is 0.963. The Kier molecular flexibility index (Phi) is 51.1. The Labute approximate surface area is 365 Å². The van der Waals surface area contributed by atoms with Crippen molar-refractivity contribution in [1.29, 1.82) is 0 Å². The van der Waals surface area contributed by atoms with Gasteiger partial charge in [-0.05, 0) is 25.7 Å². The lowest BCUT2D eigenvalue weighted by Gasteiger charge is -2.06. The first-order chi connectivity index (χ1) is 28.7. The van der Waals surface area contributed by atoms with Crippen molar-refractivity contribution < 1.29 is 19.1 Å². The van der Waals surface area contributed by atoms with E-state index in [1.807, 2.05) is 0 Å². The lowest BCUT2D eigenvalue weighted by Crippen LogP contribution is -2.06. The van der Waals surface area contributed by atoms with Crippen LogP contribution < -0.4 is 0 Å². The molecule has 4 nitrogen and oxygen atoms in total. The van der Waals surface area contributed by atoms with Gasteiger partial charge in [0.1, 0.15) is 0 Å². The number of unbranched alkanes of at least 4 members (excludes halogenated alkanes) is 43. The number of hydrogen-bond donors (Lipinski definition) is 0. The van der Waals surface area contributed by atoms with Crippen LogP contribution >= 0.6 is 0 Å². The number of ether oxygens (including phenoxy) is 2. The summed E-state index contributed by atoms with van der Waals surface area (Å²) in [4.78, 5) is 24.1. The molecule has 0 aromatic carbocycles. The molecule has 0 saturated heterocycles. The summed E-state index contributed by atoms with van der Waals surface area (Å²) in [7, 11) is 0. The number of esters is 2. The molecule has 0 aromatic heterocycles. The third-order valence-electron chi connectivity index (χ3n) is 12.5. The summed E-state index contributed by atoms with van der Waals surface area (Å²) in [6, 6.07) is 0. The van der Waals surface area contributed by atoms with Crippen molar-refractivity contribution >= 4 is 11.9 Å². The van der Waals surface area contributed by atoms with Crippen molar-refractivity contribution in [2.45, 2.75) is 322 Å². The predicted molar refractivity (Wildman–Crippen MR) is 255 cm³/mol. The van der Waals surface area contributed by atoms with Crippen LogP contribution in [0.2, 0.25) is 0 Å². The minimum absolute atomic E-state index is 0.0271. The van der Waals surface area contributed by atoms with E-state index in [1.54, 1.807) is 0 Å². The van der Waals surface area contributed by atoms with E-state index in [2.05, 4.69) is 13.8 Å². The molecule has 0 spiro atoms. The molecule has 0 saturated carbocycles. The van der Waals surface area contributed by atoms with Crippen LogP contribution in [-0.4, -0.2) is 25.2 Å². The average Bonchev–Trinajstić information content (AvgIpc) is 3.22. The monoisotopic (exact) mass is 819 g/mol. The van der Waals surface area contributed by atoms with E-state index in [-0.39, 0.29) is 11.9 Å². The molecule has 0 aliphatic heterocycles. The second-order valence-electron chi connectivity index (χ2n) is 18.5. The normalized spacial score (nSPS) is 11.4. The molecule has 0 aromatic rings. The number of carbonyl (C=O) groups excluding carboxylic acids is 2. The maximum atomic E-state index is 12.1. The van der Waals surface area contributed by atoms with Crippen LogP contribution in [0.3, 0.4) is 0 Å². The molecule has 0 N–H and O–H groups in total. The fourth-order valence-electron chi connectivity index (χ4n) is 8.48. The summed E-state index contributed by atoms with van der Waals surface area (Å²) in [5.41, 5.74) is 0. The summed E-state index contributed by atoms with van der Waals surface area (Å²) in [6.45, 7) is 5.77. The van der Waals surface area contributed by atoms with Crippen molar-refractivity contribution in [2.24, 2.45) is 0 Å². The molecule has 0 radical (unpaired) electrons. The Morgan fingerprint density at radius 2 is 0.379 bits per heavy atom. The molecule has 4 heteroatoms. The summed E-state index contributed by atoms with van der Waals surface area (Å²) in [6.07, 6.45) is 62.6. The highest BCUT2D eigenvalue weighted by Crippen LogP contribution is 2.17. The largest absolute Gasteiger partial charge is 0.466 e. The van der Waals surface area contributed by atoms with Crippen molar-refractivity contribution in [3.63, 3.8) is 0 Å². The van der Waals surface area contributed by atoms with Gasteiger partial charge >= 0.3 is 11.9 Å². The van der Waals surface area contributed by atoms with Gasteiger partial charge in [-0.1, -0.05) is 284 Å². The van der Waals surface area contributed by atoms with Gasteiger partial charge in [0, 0.05) is 12.8 Å². The van der Waals surface area contributed by atoms with Crippen LogP contribution in [0.4, 0.5) is 0 Å². The minimum atomic E-state index is -0.0271. The molecule has 0 unspecified atom stereocenters. The zero-order valence-corrected chi connectivity index (χ0v) is 40.0. The molecule has 0 fully saturated rings. The highest BCUT2D eigenvalue weighted by Gasteiger charge is 2.05. The molecule has 0 amide bonds. The van der Waals surface area contributed by atoms with Crippen LogP contribution in [0.5, 0.6) is 0 Å². The zero-order chi connectivity index (χ0) is 41.9. The van der Waals surface area contributed by atoms with Crippen molar-refractivity contribution in [3.8, 4) is 0 Å². The van der Waals surface area contributed by atoms with E-state index in [9.17, 15) is 9.59 Å². The number of hydrogen-bond acceptors (Lipinski definition) is 4. The summed E-state index contributed by atoms with van der Waals surface area (Å²) >= 11 is 0. The third kappa shape index (κ3) is 51.1. The highest BCUT2D eigenvalue weighted by molar-refractivity contribution is 5.69. The summed E-state index contributed by atoms with van der Waals surface area (Å²) < 4.78 is 10.9. The molecule has 0 atom stereocenters. The van der Waals surface area contributed by atoms with Gasteiger partial charge in [-0.25, -0.2) is 0 Å². The van der Waals surface area contributed by atoms with Gasteiger partial charge in [-0.3, -0.25) is 9.59 Å². The van der Waals surface area contributed by atoms with E-state index in [4.69, 9.17) is 9.47 Å². The molecule has 0 heterocycles. The quantitative estimate of drug-likeness (QED) is 0.0453. The van der Waals surface area contributed by atoms with Crippen molar-refractivity contribution in [2.75, 3.05) is 13.2 Å². The van der Waals surface area contributed by atoms with Gasteiger partial charge in [0.05, 0.1) is 13.2 Å². The Morgan fingerprint density at radius 3 is 0.569 bits per heavy atom. The van der Waals surface area contributed by atoms with E-state index >= 15 is 0 Å².